The van der Waals surface area contributed by atoms with Crippen molar-refractivity contribution in [2.75, 3.05) is 13.2 Å². The molecule has 0 aromatic heterocycles. The third kappa shape index (κ3) is 2.56. The predicted molar refractivity (Wildman–Crippen MR) is 64.5 cm³/mol. The number of hydrogen-bond acceptors (Lipinski definition) is 3. The molecule has 1 aromatic carbocycles. The van der Waals surface area contributed by atoms with Crippen LogP contribution in [0.3, 0.4) is 0 Å². The Morgan fingerprint density at radius 1 is 1.47 bits per heavy atom. The molecule has 1 heterocycles. The summed E-state index contributed by atoms with van der Waals surface area (Å²) in [6.07, 6.45) is 3.97. The SMILES string of the molecule is CC=CC(=O)OCC1(c2ccccc2)CCO1. The standard InChI is InChI=1S/C14H16O3/c1-2-6-13(15)16-11-14(9-10-17-14)12-7-4-3-5-8-12/h2-8H,9-11H2,1H3. The van der Waals surface area contributed by atoms with E-state index in [0.29, 0.717) is 0 Å². The monoisotopic (exact) mass is 232 g/mol. The Morgan fingerprint density at radius 2 is 2.18 bits per heavy atom. The van der Waals surface area contributed by atoms with E-state index in [1.165, 1.54) is 6.08 Å². The molecular formula is C14H16O3. The Balaban J connectivity index is 2.03. The van der Waals surface area contributed by atoms with Crippen LogP contribution in [0.25, 0.3) is 0 Å². The lowest BCUT2D eigenvalue weighted by molar-refractivity contribution is -0.191. The summed E-state index contributed by atoms with van der Waals surface area (Å²) < 4.78 is 10.8. The van der Waals surface area contributed by atoms with Crippen molar-refractivity contribution in [1.29, 1.82) is 0 Å². The number of carbonyl (C=O) groups is 1. The maximum Gasteiger partial charge on any atom is 0.330 e. The first-order valence-corrected chi connectivity index (χ1v) is 5.76. The van der Waals surface area contributed by atoms with Gasteiger partial charge in [-0.15, -0.1) is 0 Å². The van der Waals surface area contributed by atoms with Gasteiger partial charge in [-0.3, -0.25) is 0 Å². The van der Waals surface area contributed by atoms with Gasteiger partial charge < -0.3 is 9.47 Å². The number of esters is 1. The molecule has 1 unspecified atom stereocenters. The highest BCUT2D eigenvalue weighted by molar-refractivity contribution is 5.81. The molecule has 1 atom stereocenters. The summed E-state index contributed by atoms with van der Waals surface area (Å²) in [5.41, 5.74) is 0.637. The van der Waals surface area contributed by atoms with E-state index in [9.17, 15) is 4.79 Å². The normalized spacial score (nSPS) is 23.4. The van der Waals surface area contributed by atoms with Gasteiger partial charge in [-0.25, -0.2) is 4.79 Å². The molecule has 0 saturated carbocycles. The third-order valence-electron chi connectivity index (χ3n) is 2.93. The molecule has 1 fully saturated rings. The number of carbonyl (C=O) groups excluding carboxylic acids is 1. The summed E-state index contributed by atoms with van der Waals surface area (Å²) in [6, 6.07) is 9.89. The fourth-order valence-corrected chi connectivity index (χ4v) is 1.89. The zero-order chi connectivity index (χ0) is 12.1. The zero-order valence-corrected chi connectivity index (χ0v) is 9.89. The average molecular weight is 232 g/mol. The van der Waals surface area contributed by atoms with Crippen molar-refractivity contribution < 1.29 is 14.3 Å². The van der Waals surface area contributed by atoms with Gasteiger partial charge in [0.1, 0.15) is 12.2 Å². The zero-order valence-electron chi connectivity index (χ0n) is 9.89. The second-order valence-corrected chi connectivity index (χ2v) is 4.07. The molecule has 90 valence electrons. The first-order valence-electron chi connectivity index (χ1n) is 5.76. The maximum atomic E-state index is 11.3. The Bertz CT molecular complexity index is 405. The van der Waals surface area contributed by atoms with Crippen molar-refractivity contribution in [3.8, 4) is 0 Å². The second-order valence-electron chi connectivity index (χ2n) is 4.07. The van der Waals surface area contributed by atoms with E-state index in [1.54, 1.807) is 13.0 Å². The van der Waals surface area contributed by atoms with Crippen LogP contribution in [0.5, 0.6) is 0 Å². The van der Waals surface area contributed by atoms with Gasteiger partial charge in [-0.2, -0.15) is 0 Å². The number of ether oxygens (including phenoxy) is 2. The lowest BCUT2D eigenvalue weighted by Gasteiger charge is -2.41. The van der Waals surface area contributed by atoms with Crippen LogP contribution in [-0.2, 0) is 19.9 Å². The molecule has 0 spiro atoms. The lowest BCUT2D eigenvalue weighted by Crippen LogP contribution is -2.45. The molecule has 1 saturated heterocycles. The van der Waals surface area contributed by atoms with Crippen LogP contribution in [0.1, 0.15) is 18.9 Å². The molecule has 3 heteroatoms. The molecular weight excluding hydrogens is 216 g/mol. The van der Waals surface area contributed by atoms with E-state index in [4.69, 9.17) is 9.47 Å². The molecule has 0 bridgehead atoms. The van der Waals surface area contributed by atoms with Crippen molar-refractivity contribution in [3.63, 3.8) is 0 Å². The molecule has 1 aliphatic heterocycles. The molecule has 0 N–H and O–H groups in total. The third-order valence-corrected chi connectivity index (χ3v) is 2.93. The quantitative estimate of drug-likeness (QED) is 0.590. The Labute approximate surface area is 101 Å². The molecule has 2 rings (SSSR count). The Hall–Kier alpha value is -1.61. The van der Waals surface area contributed by atoms with Gasteiger partial charge in [0.2, 0.25) is 0 Å². The topological polar surface area (TPSA) is 35.5 Å². The van der Waals surface area contributed by atoms with Gasteiger partial charge in [0.15, 0.2) is 0 Å². The van der Waals surface area contributed by atoms with Crippen molar-refractivity contribution in [1.82, 2.24) is 0 Å². The predicted octanol–water partition coefficient (Wildman–Crippen LogP) is 2.42. The van der Waals surface area contributed by atoms with E-state index in [1.807, 2.05) is 30.3 Å². The fourth-order valence-electron chi connectivity index (χ4n) is 1.89. The fraction of sp³-hybridized carbons (Fsp3) is 0.357. The molecule has 0 amide bonds. The average Bonchev–Trinajstić information content (AvgIpc) is 2.29. The molecule has 0 aliphatic carbocycles. The molecule has 0 radical (unpaired) electrons. The van der Waals surface area contributed by atoms with E-state index in [2.05, 4.69) is 0 Å². The summed E-state index contributed by atoms with van der Waals surface area (Å²) in [6.45, 7) is 2.78. The molecule has 17 heavy (non-hydrogen) atoms. The van der Waals surface area contributed by atoms with Crippen molar-refractivity contribution in [3.05, 3.63) is 48.0 Å². The van der Waals surface area contributed by atoms with Crippen LogP contribution in [0.4, 0.5) is 0 Å². The highest BCUT2D eigenvalue weighted by Crippen LogP contribution is 2.37. The Morgan fingerprint density at radius 3 is 2.71 bits per heavy atom. The summed E-state index contributed by atoms with van der Waals surface area (Å²) in [5, 5.41) is 0. The Kier molecular flexibility index (Phi) is 3.59. The number of benzene rings is 1. The lowest BCUT2D eigenvalue weighted by atomic mass is 9.87. The van der Waals surface area contributed by atoms with Crippen LogP contribution in [0.2, 0.25) is 0 Å². The maximum absolute atomic E-state index is 11.3. The van der Waals surface area contributed by atoms with Gasteiger partial charge >= 0.3 is 5.97 Å². The first kappa shape index (κ1) is 11.9. The van der Waals surface area contributed by atoms with Crippen molar-refractivity contribution in [2.24, 2.45) is 0 Å². The first-order chi connectivity index (χ1) is 8.27. The van der Waals surface area contributed by atoms with Crippen LogP contribution in [-0.4, -0.2) is 19.2 Å². The molecule has 1 aliphatic rings. The van der Waals surface area contributed by atoms with Crippen molar-refractivity contribution >= 4 is 5.97 Å². The van der Waals surface area contributed by atoms with E-state index < -0.39 is 5.60 Å². The number of rotatable bonds is 4. The van der Waals surface area contributed by atoms with Crippen molar-refractivity contribution in [2.45, 2.75) is 18.9 Å². The highest BCUT2D eigenvalue weighted by atomic mass is 16.6. The summed E-state index contributed by atoms with van der Waals surface area (Å²) in [4.78, 5) is 11.3. The smallest absolute Gasteiger partial charge is 0.330 e. The number of hydrogen-bond donors (Lipinski definition) is 0. The second kappa shape index (κ2) is 5.15. The van der Waals surface area contributed by atoms with Gasteiger partial charge in [0, 0.05) is 12.5 Å². The largest absolute Gasteiger partial charge is 0.459 e. The van der Waals surface area contributed by atoms with Gasteiger partial charge in [-0.1, -0.05) is 36.4 Å². The van der Waals surface area contributed by atoms with Crippen LogP contribution in [0.15, 0.2) is 42.5 Å². The van der Waals surface area contributed by atoms with Crippen LogP contribution >= 0.6 is 0 Å². The van der Waals surface area contributed by atoms with Crippen LogP contribution in [0, 0.1) is 0 Å². The molecule has 1 aromatic rings. The van der Waals surface area contributed by atoms with E-state index in [-0.39, 0.29) is 12.6 Å². The highest BCUT2D eigenvalue weighted by Gasteiger charge is 2.41. The number of allylic oxidation sites excluding steroid dienone is 1. The van der Waals surface area contributed by atoms with Gasteiger partial charge in [0.05, 0.1) is 6.61 Å². The summed E-state index contributed by atoms with van der Waals surface area (Å²) in [7, 11) is 0. The van der Waals surface area contributed by atoms with E-state index in [0.717, 1.165) is 18.6 Å². The van der Waals surface area contributed by atoms with Crippen LogP contribution < -0.4 is 0 Å². The van der Waals surface area contributed by atoms with E-state index >= 15 is 0 Å². The summed E-state index contributed by atoms with van der Waals surface area (Å²) >= 11 is 0. The summed E-state index contributed by atoms with van der Waals surface area (Å²) in [5.74, 6) is -0.321. The molecule has 3 nitrogen and oxygen atoms in total. The minimum atomic E-state index is -0.432. The van der Waals surface area contributed by atoms with Gasteiger partial charge in [-0.05, 0) is 12.5 Å². The minimum absolute atomic E-state index is 0.278. The minimum Gasteiger partial charge on any atom is -0.459 e. The van der Waals surface area contributed by atoms with Gasteiger partial charge in [0.25, 0.3) is 0 Å².